The number of hydrogen-bond donors (Lipinski definition) is 0. The molecule has 1 atom stereocenters. The summed E-state index contributed by atoms with van der Waals surface area (Å²) in [6.45, 7) is 0.710. The number of esters is 1. The fourth-order valence-corrected chi connectivity index (χ4v) is 5.20. The van der Waals surface area contributed by atoms with Crippen LogP contribution in [0.1, 0.15) is 39.0 Å². The number of halogens is 2. The Morgan fingerprint density at radius 1 is 1.18 bits per heavy atom. The Labute approximate surface area is 128 Å². The minimum absolute atomic E-state index is 0.156. The molecule has 0 radical (unpaired) electrons. The van der Waals surface area contributed by atoms with Crippen LogP contribution in [0.5, 0.6) is 0 Å². The van der Waals surface area contributed by atoms with Crippen molar-refractivity contribution in [2.45, 2.75) is 56.8 Å². The third-order valence-electron chi connectivity index (χ3n) is 5.88. The number of alkyl halides is 2. The number of ether oxygens (including phenoxy) is 3. The third-order valence-corrected chi connectivity index (χ3v) is 5.88. The van der Waals surface area contributed by atoms with Crippen LogP contribution in [0.25, 0.3) is 0 Å². The lowest BCUT2D eigenvalue weighted by molar-refractivity contribution is -0.295. The standard InChI is InChI=1S/C16H22F2O4/c1-15(17,18)14(19)20-7-13-8-21-16(22-13)11-3-9-2-10(5-11)6-12(16)4-9/h9-13H,2-8H2,1H3. The molecule has 0 aromatic carbocycles. The fraction of sp³-hybridized carbons (Fsp3) is 0.938. The Morgan fingerprint density at radius 2 is 1.77 bits per heavy atom. The fourth-order valence-electron chi connectivity index (χ4n) is 5.20. The average Bonchev–Trinajstić information content (AvgIpc) is 2.86. The Balaban J connectivity index is 1.39. The SMILES string of the molecule is CC(F)(F)C(=O)OCC1COC2(O1)C1CC3CC(C1)CC2C3. The van der Waals surface area contributed by atoms with E-state index in [1.165, 1.54) is 6.42 Å². The van der Waals surface area contributed by atoms with Crippen LogP contribution >= 0.6 is 0 Å². The first-order valence-corrected chi connectivity index (χ1v) is 8.23. The smallest absolute Gasteiger partial charge is 0.376 e. The molecule has 1 heterocycles. The second-order valence-electron chi connectivity index (χ2n) is 7.56. The maximum atomic E-state index is 12.8. The van der Waals surface area contributed by atoms with Gasteiger partial charge < -0.3 is 14.2 Å². The van der Waals surface area contributed by atoms with Crippen molar-refractivity contribution in [3.63, 3.8) is 0 Å². The van der Waals surface area contributed by atoms with Crippen LogP contribution in [0.4, 0.5) is 8.78 Å². The monoisotopic (exact) mass is 316 g/mol. The zero-order valence-electron chi connectivity index (χ0n) is 12.7. The Bertz CT molecular complexity index is 445. The summed E-state index contributed by atoms with van der Waals surface area (Å²) in [5, 5.41) is 0. The van der Waals surface area contributed by atoms with E-state index in [2.05, 4.69) is 4.74 Å². The first-order chi connectivity index (χ1) is 10.4. The van der Waals surface area contributed by atoms with Gasteiger partial charge >= 0.3 is 11.9 Å². The van der Waals surface area contributed by atoms with Gasteiger partial charge in [0.25, 0.3) is 0 Å². The Morgan fingerprint density at radius 3 is 2.32 bits per heavy atom. The van der Waals surface area contributed by atoms with Crippen molar-refractivity contribution < 1.29 is 27.8 Å². The van der Waals surface area contributed by atoms with Crippen molar-refractivity contribution in [1.82, 2.24) is 0 Å². The quantitative estimate of drug-likeness (QED) is 0.751. The summed E-state index contributed by atoms with van der Waals surface area (Å²) >= 11 is 0. The molecule has 1 saturated heterocycles. The van der Waals surface area contributed by atoms with E-state index in [0.717, 1.165) is 37.5 Å². The minimum atomic E-state index is -3.46. The highest BCUT2D eigenvalue weighted by molar-refractivity contribution is 5.76. The predicted molar refractivity (Wildman–Crippen MR) is 72.2 cm³/mol. The van der Waals surface area contributed by atoms with E-state index in [-0.39, 0.29) is 6.61 Å². The van der Waals surface area contributed by atoms with Crippen LogP contribution in [-0.4, -0.2) is 37.0 Å². The number of hydrogen-bond acceptors (Lipinski definition) is 4. The van der Waals surface area contributed by atoms with E-state index in [1.807, 2.05) is 0 Å². The van der Waals surface area contributed by atoms with Gasteiger partial charge in [0.1, 0.15) is 12.7 Å². The lowest BCUT2D eigenvalue weighted by Crippen LogP contribution is -2.58. The topological polar surface area (TPSA) is 44.8 Å². The first-order valence-electron chi connectivity index (χ1n) is 8.23. The number of rotatable bonds is 3. The van der Waals surface area contributed by atoms with Gasteiger partial charge in [-0.25, -0.2) is 4.79 Å². The second-order valence-corrected chi connectivity index (χ2v) is 7.56. The zero-order valence-corrected chi connectivity index (χ0v) is 12.7. The lowest BCUT2D eigenvalue weighted by Gasteiger charge is -2.58. The van der Waals surface area contributed by atoms with Gasteiger partial charge in [-0.3, -0.25) is 0 Å². The molecule has 4 saturated carbocycles. The lowest BCUT2D eigenvalue weighted by atomic mass is 9.53. The normalized spacial score (nSPS) is 46.4. The molecule has 5 aliphatic rings. The zero-order chi connectivity index (χ0) is 15.5. The molecule has 4 nitrogen and oxygen atoms in total. The largest absolute Gasteiger partial charge is 0.458 e. The molecule has 6 heteroatoms. The van der Waals surface area contributed by atoms with Gasteiger partial charge in [-0.05, 0) is 43.9 Å². The van der Waals surface area contributed by atoms with Gasteiger partial charge in [-0.2, -0.15) is 8.78 Å². The van der Waals surface area contributed by atoms with E-state index in [1.54, 1.807) is 0 Å². The van der Waals surface area contributed by atoms with Crippen molar-refractivity contribution in [2.75, 3.05) is 13.2 Å². The van der Waals surface area contributed by atoms with Gasteiger partial charge in [-0.1, -0.05) is 0 Å². The summed E-state index contributed by atoms with van der Waals surface area (Å²) in [5.41, 5.74) is 0. The molecule has 124 valence electrons. The maximum Gasteiger partial charge on any atom is 0.376 e. The Hall–Kier alpha value is -0.750. The molecule has 0 aromatic rings. The van der Waals surface area contributed by atoms with Crippen molar-refractivity contribution in [3.05, 3.63) is 0 Å². The summed E-state index contributed by atoms with van der Waals surface area (Å²) in [7, 11) is 0. The highest BCUT2D eigenvalue weighted by Crippen LogP contribution is 2.61. The van der Waals surface area contributed by atoms with E-state index in [9.17, 15) is 13.6 Å². The predicted octanol–water partition coefficient (Wildman–Crippen LogP) is 2.75. The third kappa shape index (κ3) is 2.26. The van der Waals surface area contributed by atoms with Gasteiger partial charge in [0.05, 0.1) is 6.61 Å². The molecule has 0 N–H and O–H groups in total. The van der Waals surface area contributed by atoms with Gasteiger partial charge in [0.2, 0.25) is 0 Å². The molecule has 5 rings (SSSR count). The molecule has 1 aliphatic heterocycles. The summed E-state index contributed by atoms with van der Waals surface area (Å²) in [4.78, 5) is 11.2. The molecule has 5 fully saturated rings. The van der Waals surface area contributed by atoms with Crippen LogP contribution in [0, 0.1) is 23.7 Å². The van der Waals surface area contributed by atoms with Crippen molar-refractivity contribution in [1.29, 1.82) is 0 Å². The van der Waals surface area contributed by atoms with Crippen LogP contribution < -0.4 is 0 Å². The molecule has 4 bridgehead atoms. The van der Waals surface area contributed by atoms with Crippen molar-refractivity contribution >= 4 is 5.97 Å². The van der Waals surface area contributed by atoms with E-state index >= 15 is 0 Å². The molecule has 1 unspecified atom stereocenters. The van der Waals surface area contributed by atoms with Crippen molar-refractivity contribution in [3.8, 4) is 0 Å². The van der Waals surface area contributed by atoms with Crippen LogP contribution in [0.15, 0.2) is 0 Å². The molecular formula is C16H22F2O4. The second kappa shape index (κ2) is 4.87. The van der Waals surface area contributed by atoms with Crippen LogP contribution in [-0.2, 0) is 19.0 Å². The molecular weight excluding hydrogens is 294 g/mol. The molecule has 0 amide bonds. The van der Waals surface area contributed by atoms with Crippen LogP contribution in [0.3, 0.4) is 0 Å². The van der Waals surface area contributed by atoms with Crippen LogP contribution in [0.2, 0.25) is 0 Å². The van der Waals surface area contributed by atoms with Crippen molar-refractivity contribution in [2.24, 2.45) is 23.7 Å². The van der Waals surface area contributed by atoms with Gasteiger partial charge in [0, 0.05) is 18.8 Å². The average molecular weight is 316 g/mol. The number of carbonyl (C=O) groups is 1. The molecule has 1 spiro atoms. The Kier molecular flexibility index (Phi) is 3.28. The highest BCUT2D eigenvalue weighted by Gasteiger charge is 2.62. The summed E-state index contributed by atoms with van der Waals surface area (Å²) in [5.74, 6) is -3.07. The van der Waals surface area contributed by atoms with Gasteiger partial charge in [0.15, 0.2) is 5.79 Å². The summed E-state index contributed by atoms with van der Waals surface area (Å²) < 4.78 is 42.5. The van der Waals surface area contributed by atoms with E-state index < -0.39 is 23.8 Å². The first kappa shape index (κ1) is 14.8. The maximum absolute atomic E-state index is 12.8. The summed E-state index contributed by atoms with van der Waals surface area (Å²) in [6.07, 6.45) is 5.50. The van der Waals surface area contributed by atoms with E-state index in [0.29, 0.717) is 25.4 Å². The molecule has 0 aromatic heterocycles. The number of carbonyl (C=O) groups excluding carboxylic acids is 1. The van der Waals surface area contributed by atoms with E-state index in [4.69, 9.17) is 9.47 Å². The summed E-state index contributed by atoms with van der Waals surface area (Å²) in [6, 6.07) is 0. The van der Waals surface area contributed by atoms with Gasteiger partial charge in [-0.15, -0.1) is 0 Å². The molecule has 4 aliphatic carbocycles. The highest BCUT2D eigenvalue weighted by atomic mass is 19.3. The minimum Gasteiger partial charge on any atom is -0.458 e. The molecule has 22 heavy (non-hydrogen) atoms.